The topological polar surface area (TPSA) is 9.23 Å². The van der Waals surface area contributed by atoms with Gasteiger partial charge in [0.25, 0.3) is 0 Å². The van der Waals surface area contributed by atoms with Gasteiger partial charge in [-0.15, -0.1) is 11.6 Å². The van der Waals surface area contributed by atoms with E-state index in [1.807, 2.05) is 13.0 Å². The Labute approximate surface area is 128 Å². The number of benzene rings is 1. The quantitative estimate of drug-likeness (QED) is 0.675. The van der Waals surface area contributed by atoms with Gasteiger partial charge in [-0.2, -0.15) is 0 Å². The lowest BCUT2D eigenvalue weighted by molar-refractivity contribution is 0.202. The lowest BCUT2D eigenvalue weighted by Gasteiger charge is -2.42. The molecule has 1 aliphatic rings. The van der Waals surface area contributed by atoms with Gasteiger partial charge in [0.1, 0.15) is 5.75 Å². The molecule has 1 saturated carbocycles. The van der Waals surface area contributed by atoms with Gasteiger partial charge in [0.15, 0.2) is 0 Å². The molecule has 0 N–H and O–H groups in total. The van der Waals surface area contributed by atoms with E-state index in [4.69, 9.17) is 16.3 Å². The zero-order chi connectivity index (χ0) is 14.8. The Hall–Kier alpha value is -0.690. The molecule has 2 rings (SSSR count). The Kier molecular flexibility index (Phi) is 5.01. The molecule has 1 fully saturated rings. The van der Waals surface area contributed by atoms with Crippen molar-refractivity contribution in [3.8, 4) is 5.75 Å². The third kappa shape index (κ3) is 3.14. The number of hydrogen-bond donors (Lipinski definition) is 0. The molecule has 0 amide bonds. The summed E-state index contributed by atoms with van der Waals surface area (Å²) in [5, 5.41) is 0.267. The van der Waals surface area contributed by atoms with Crippen LogP contribution in [0.15, 0.2) is 24.3 Å². The van der Waals surface area contributed by atoms with Crippen molar-refractivity contribution in [3.05, 3.63) is 29.8 Å². The summed E-state index contributed by atoms with van der Waals surface area (Å²) in [6.07, 6.45) is 3.63. The van der Waals surface area contributed by atoms with Crippen LogP contribution in [0, 0.1) is 11.8 Å². The highest BCUT2D eigenvalue weighted by atomic mass is 35.5. The fraction of sp³-hybridized carbons (Fsp3) is 0.667. The summed E-state index contributed by atoms with van der Waals surface area (Å²) in [7, 11) is 0. The number of halogens is 1. The lowest BCUT2D eigenvalue weighted by Crippen LogP contribution is -2.39. The van der Waals surface area contributed by atoms with Crippen molar-refractivity contribution in [1.29, 1.82) is 0 Å². The number of rotatable bonds is 4. The molecule has 0 heterocycles. The molecule has 0 bridgehead atoms. The van der Waals surface area contributed by atoms with Crippen LogP contribution in [-0.4, -0.2) is 12.0 Å². The predicted molar refractivity (Wildman–Crippen MR) is 86.8 cm³/mol. The van der Waals surface area contributed by atoms with Gasteiger partial charge >= 0.3 is 0 Å². The van der Waals surface area contributed by atoms with Crippen molar-refractivity contribution in [1.82, 2.24) is 0 Å². The molecule has 3 atom stereocenters. The summed E-state index contributed by atoms with van der Waals surface area (Å²) in [4.78, 5) is 0. The maximum Gasteiger partial charge on any atom is 0.123 e. The minimum absolute atomic E-state index is 0.0539. The van der Waals surface area contributed by atoms with Gasteiger partial charge in [-0.1, -0.05) is 45.4 Å². The molecular formula is C18H27ClO. The van der Waals surface area contributed by atoms with Gasteiger partial charge < -0.3 is 4.74 Å². The number of ether oxygens (including phenoxy) is 1. The van der Waals surface area contributed by atoms with Crippen molar-refractivity contribution in [2.45, 2.75) is 57.7 Å². The molecule has 1 nitrogen and oxygen atoms in total. The fourth-order valence-corrected chi connectivity index (χ4v) is 4.35. The van der Waals surface area contributed by atoms with Gasteiger partial charge in [0.2, 0.25) is 0 Å². The minimum atomic E-state index is 0.0539. The second-order valence-electron chi connectivity index (χ2n) is 6.69. The first-order chi connectivity index (χ1) is 9.46. The van der Waals surface area contributed by atoms with E-state index in [0.29, 0.717) is 12.5 Å². The highest BCUT2D eigenvalue weighted by Gasteiger charge is 2.40. The zero-order valence-electron chi connectivity index (χ0n) is 13.2. The van der Waals surface area contributed by atoms with Crippen molar-refractivity contribution < 1.29 is 4.74 Å². The first-order valence-corrected chi connectivity index (χ1v) is 8.26. The molecule has 112 valence electrons. The van der Waals surface area contributed by atoms with E-state index in [1.54, 1.807) is 0 Å². The van der Waals surface area contributed by atoms with Crippen LogP contribution in [-0.2, 0) is 5.41 Å². The van der Waals surface area contributed by atoms with Gasteiger partial charge in [0.05, 0.1) is 6.61 Å². The van der Waals surface area contributed by atoms with Crippen LogP contribution in [0.1, 0.15) is 52.5 Å². The van der Waals surface area contributed by atoms with E-state index in [0.717, 1.165) is 18.1 Å². The molecular weight excluding hydrogens is 268 g/mol. The van der Waals surface area contributed by atoms with Crippen molar-refractivity contribution in [2.24, 2.45) is 11.8 Å². The molecule has 3 unspecified atom stereocenters. The first-order valence-electron chi connectivity index (χ1n) is 7.83. The van der Waals surface area contributed by atoms with Crippen LogP contribution in [0.2, 0.25) is 0 Å². The molecule has 0 aliphatic heterocycles. The monoisotopic (exact) mass is 294 g/mol. The SMILES string of the molecule is CCOc1ccccc1C(C)(C)C1CCC(C)CC1Cl. The highest BCUT2D eigenvalue weighted by Crippen LogP contribution is 2.46. The van der Waals surface area contributed by atoms with Gasteiger partial charge in [-0.05, 0) is 43.1 Å². The summed E-state index contributed by atoms with van der Waals surface area (Å²) in [5.74, 6) is 2.29. The third-order valence-corrected chi connectivity index (χ3v) is 5.32. The van der Waals surface area contributed by atoms with Gasteiger partial charge in [-0.3, -0.25) is 0 Å². The molecule has 1 aromatic rings. The van der Waals surface area contributed by atoms with Crippen molar-refractivity contribution in [2.75, 3.05) is 6.61 Å². The first kappa shape index (κ1) is 15.7. The Morgan fingerprint density at radius 1 is 1.25 bits per heavy atom. The lowest BCUT2D eigenvalue weighted by atomic mass is 9.65. The summed E-state index contributed by atoms with van der Waals surface area (Å²) >= 11 is 6.70. The van der Waals surface area contributed by atoms with Gasteiger partial charge in [-0.25, -0.2) is 0 Å². The molecule has 0 aromatic heterocycles. The summed E-state index contributed by atoms with van der Waals surface area (Å²) in [5.41, 5.74) is 1.35. The van der Waals surface area contributed by atoms with Crippen LogP contribution < -0.4 is 4.74 Å². The maximum atomic E-state index is 6.70. The van der Waals surface area contributed by atoms with Crippen molar-refractivity contribution in [3.63, 3.8) is 0 Å². The van der Waals surface area contributed by atoms with E-state index in [1.165, 1.54) is 18.4 Å². The Balaban J connectivity index is 2.29. The Bertz CT molecular complexity index is 441. The summed E-state index contributed by atoms with van der Waals surface area (Å²) in [6, 6.07) is 8.43. The van der Waals surface area contributed by atoms with Crippen LogP contribution in [0.4, 0.5) is 0 Å². The highest BCUT2D eigenvalue weighted by molar-refractivity contribution is 6.20. The second-order valence-corrected chi connectivity index (χ2v) is 7.25. The number of hydrogen-bond acceptors (Lipinski definition) is 1. The zero-order valence-corrected chi connectivity index (χ0v) is 13.9. The Morgan fingerprint density at radius 2 is 1.95 bits per heavy atom. The Morgan fingerprint density at radius 3 is 2.60 bits per heavy atom. The van der Waals surface area contributed by atoms with Crippen molar-refractivity contribution >= 4 is 11.6 Å². The minimum Gasteiger partial charge on any atom is -0.494 e. The fourth-order valence-electron chi connectivity index (χ4n) is 3.60. The average Bonchev–Trinajstić information content (AvgIpc) is 2.39. The summed E-state index contributed by atoms with van der Waals surface area (Å²) in [6.45, 7) is 9.70. The van der Waals surface area contributed by atoms with E-state index in [2.05, 4.69) is 39.0 Å². The summed E-state index contributed by atoms with van der Waals surface area (Å²) < 4.78 is 5.83. The number of alkyl halides is 1. The molecule has 0 radical (unpaired) electrons. The molecule has 1 aliphatic carbocycles. The van der Waals surface area contributed by atoms with Crippen LogP contribution in [0.5, 0.6) is 5.75 Å². The number of para-hydroxylation sites is 1. The molecule has 0 saturated heterocycles. The van der Waals surface area contributed by atoms with Crippen LogP contribution in [0.3, 0.4) is 0 Å². The van der Waals surface area contributed by atoms with Crippen LogP contribution in [0.25, 0.3) is 0 Å². The van der Waals surface area contributed by atoms with Gasteiger partial charge in [0, 0.05) is 10.9 Å². The predicted octanol–water partition coefficient (Wildman–Crippen LogP) is 5.41. The van der Waals surface area contributed by atoms with E-state index in [9.17, 15) is 0 Å². The molecule has 2 heteroatoms. The smallest absolute Gasteiger partial charge is 0.123 e. The third-order valence-electron chi connectivity index (χ3n) is 4.84. The average molecular weight is 295 g/mol. The standard InChI is InChI=1S/C18H27ClO/c1-5-20-17-9-7-6-8-15(17)18(3,4)14-11-10-13(2)12-16(14)19/h6-9,13-14,16H,5,10-12H2,1-4H3. The largest absolute Gasteiger partial charge is 0.494 e. The van der Waals surface area contributed by atoms with E-state index < -0.39 is 0 Å². The molecule has 1 aromatic carbocycles. The second kappa shape index (κ2) is 6.39. The van der Waals surface area contributed by atoms with Crippen LogP contribution >= 0.6 is 11.6 Å². The normalized spacial score (nSPS) is 27.4. The van der Waals surface area contributed by atoms with E-state index >= 15 is 0 Å². The van der Waals surface area contributed by atoms with E-state index in [-0.39, 0.29) is 10.8 Å². The molecule has 0 spiro atoms. The maximum absolute atomic E-state index is 6.70. The molecule has 20 heavy (non-hydrogen) atoms.